The molecule has 27 heavy (non-hydrogen) atoms. The lowest BCUT2D eigenvalue weighted by Crippen LogP contribution is -2.43. The first-order valence-electron chi connectivity index (χ1n) is 8.99. The monoisotopic (exact) mass is 385 g/mol. The highest BCUT2D eigenvalue weighted by atomic mass is 32.2. The number of benzene rings is 1. The van der Waals surface area contributed by atoms with Crippen molar-refractivity contribution < 1.29 is 8.42 Å². The molecule has 1 aliphatic rings. The normalized spacial score (nSPS) is 15.4. The third-order valence-corrected chi connectivity index (χ3v) is 6.70. The molecule has 0 spiro atoms. The summed E-state index contributed by atoms with van der Waals surface area (Å²) in [6.07, 6.45) is 3.39. The summed E-state index contributed by atoms with van der Waals surface area (Å²) in [7, 11) is -3.79. The van der Waals surface area contributed by atoms with Crippen LogP contribution in [-0.2, 0) is 16.6 Å². The molecule has 7 nitrogen and oxygen atoms in total. The molecule has 0 aliphatic carbocycles. The smallest absolute Gasteiger partial charge is 0.268 e. The van der Waals surface area contributed by atoms with E-state index in [0.717, 1.165) is 37.4 Å². The molecule has 1 aromatic carbocycles. The van der Waals surface area contributed by atoms with Crippen LogP contribution in [-0.4, -0.2) is 43.6 Å². The van der Waals surface area contributed by atoms with Gasteiger partial charge in [0, 0.05) is 45.1 Å². The third kappa shape index (κ3) is 3.09. The molecular formula is C19H23N5O2S. The summed E-state index contributed by atoms with van der Waals surface area (Å²) < 4.78 is 28.4. The number of hydrogen-bond donors (Lipinski definition) is 2. The van der Waals surface area contributed by atoms with Crippen LogP contribution >= 0.6 is 0 Å². The van der Waals surface area contributed by atoms with Gasteiger partial charge in [-0.25, -0.2) is 12.4 Å². The highest BCUT2D eigenvalue weighted by Gasteiger charge is 2.26. The van der Waals surface area contributed by atoms with Crippen LogP contribution < -0.4 is 16.0 Å². The Bertz CT molecular complexity index is 1080. The van der Waals surface area contributed by atoms with E-state index < -0.39 is 10.0 Å². The summed E-state index contributed by atoms with van der Waals surface area (Å²) in [5.41, 5.74) is 9.42. The zero-order valence-corrected chi connectivity index (χ0v) is 16.0. The van der Waals surface area contributed by atoms with Crippen LogP contribution in [0.25, 0.3) is 11.0 Å². The van der Waals surface area contributed by atoms with Crippen molar-refractivity contribution >= 4 is 26.7 Å². The van der Waals surface area contributed by atoms with Gasteiger partial charge in [-0.2, -0.15) is 0 Å². The van der Waals surface area contributed by atoms with Crippen LogP contribution in [0, 0.1) is 6.92 Å². The molecule has 0 saturated carbocycles. The van der Waals surface area contributed by atoms with Gasteiger partial charge in [0.25, 0.3) is 10.0 Å². The zero-order valence-electron chi connectivity index (χ0n) is 15.2. The van der Waals surface area contributed by atoms with E-state index in [1.54, 1.807) is 36.7 Å². The Morgan fingerprint density at radius 3 is 2.74 bits per heavy atom. The largest absolute Gasteiger partial charge is 0.366 e. The number of nitrogens with zero attached hydrogens (tertiary/aromatic N) is 3. The maximum absolute atomic E-state index is 13.5. The lowest BCUT2D eigenvalue weighted by Gasteiger charge is -2.28. The summed E-state index contributed by atoms with van der Waals surface area (Å²) >= 11 is 0. The Morgan fingerprint density at radius 1 is 1.22 bits per heavy atom. The lowest BCUT2D eigenvalue weighted by molar-refractivity contribution is 0.585. The minimum Gasteiger partial charge on any atom is -0.366 e. The molecule has 0 bridgehead atoms. The molecule has 142 valence electrons. The minimum atomic E-state index is -3.79. The van der Waals surface area contributed by atoms with E-state index in [2.05, 4.69) is 15.2 Å². The Balaban J connectivity index is 1.92. The molecule has 1 aliphatic heterocycles. The van der Waals surface area contributed by atoms with Gasteiger partial charge in [-0.3, -0.25) is 4.98 Å². The fraction of sp³-hybridized carbons (Fsp3) is 0.316. The van der Waals surface area contributed by atoms with E-state index in [0.29, 0.717) is 16.6 Å². The van der Waals surface area contributed by atoms with E-state index in [4.69, 9.17) is 5.73 Å². The summed E-state index contributed by atoms with van der Waals surface area (Å²) in [6, 6.07) is 8.90. The molecular weight excluding hydrogens is 362 g/mol. The fourth-order valence-electron chi connectivity index (χ4n) is 3.53. The van der Waals surface area contributed by atoms with E-state index in [9.17, 15) is 8.42 Å². The number of anilines is 1. The van der Waals surface area contributed by atoms with Crippen molar-refractivity contribution in [3.8, 4) is 0 Å². The van der Waals surface area contributed by atoms with Gasteiger partial charge in [-0.1, -0.05) is 12.1 Å². The third-order valence-electron chi connectivity index (χ3n) is 4.94. The first-order valence-corrected chi connectivity index (χ1v) is 10.4. The maximum Gasteiger partial charge on any atom is 0.268 e. The topological polar surface area (TPSA) is 93.2 Å². The SMILES string of the molecule is Cc1ccc(CN)c(S(=O)(=O)n2cc(N3CCNCC3)c3ncccc32)c1. The van der Waals surface area contributed by atoms with Crippen molar-refractivity contribution in [1.29, 1.82) is 0 Å². The number of nitrogens with one attached hydrogen (secondary N) is 1. The van der Waals surface area contributed by atoms with Crippen LogP contribution in [0.5, 0.6) is 0 Å². The average molecular weight is 385 g/mol. The molecule has 3 N–H and O–H groups in total. The quantitative estimate of drug-likeness (QED) is 0.706. The van der Waals surface area contributed by atoms with Crippen LogP contribution in [0.2, 0.25) is 0 Å². The highest BCUT2D eigenvalue weighted by molar-refractivity contribution is 7.90. The van der Waals surface area contributed by atoms with Crippen molar-refractivity contribution in [2.45, 2.75) is 18.4 Å². The molecule has 0 amide bonds. The molecule has 0 atom stereocenters. The predicted molar refractivity (Wildman–Crippen MR) is 106 cm³/mol. The van der Waals surface area contributed by atoms with Gasteiger partial charge in [0.2, 0.25) is 0 Å². The van der Waals surface area contributed by atoms with E-state index >= 15 is 0 Å². The number of rotatable bonds is 4. The second kappa shape index (κ2) is 6.95. The van der Waals surface area contributed by atoms with Gasteiger partial charge in [0.1, 0.15) is 5.52 Å². The zero-order chi connectivity index (χ0) is 19.0. The molecule has 8 heteroatoms. The van der Waals surface area contributed by atoms with Crippen LogP contribution in [0.1, 0.15) is 11.1 Å². The molecule has 1 saturated heterocycles. The Morgan fingerprint density at radius 2 is 2.00 bits per heavy atom. The Hall–Kier alpha value is -2.42. The minimum absolute atomic E-state index is 0.164. The average Bonchev–Trinajstić information content (AvgIpc) is 3.09. The maximum atomic E-state index is 13.5. The molecule has 3 heterocycles. The van der Waals surface area contributed by atoms with Crippen LogP contribution in [0.15, 0.2) is 47.6 Å². The van der Waals surface area contributed by atoms with Crippen LogP contribution in [0.3, 0.4) is 0 Å². The number of piperazine rings is 1. The van der Waals surface area contributed by atoms with Gasteiger partial charge in [-0.05, 0) is 36.2 Å². The van der Waals surface area contributed by atoms with Crippen molar-refractivity contribution in [3.63, 3.8) is 0 Å². The van der Waals surface area contributed by atoms with Gasteiger partial charge < -0.3 is 16.0 Å². The van der Waals surface area contributed by atoms with Gasteiger partial charge in [0.05, 0.1) is 16.1 Å². The molecule has 4 rings (SSSR count). The van der Waals surface area contributed by atoms with Crippen molar-refractivity contribution in [2.24, 2.45) is 5.73 Å². The number of fused-ring (bicyclic) bond motifs is 1. The number of hydrogen-bond acceptors (Lipinski definition) is 6. The van der Waals surface area contributed by atoms with E-state index in [-0.39, 0.29) is 11.4 Å². The fourth-order valence-corrected chi connectivity index (χ4v) is 5.20. The summed E-state index contributed by atoms with van der Waals surface area (Å²) in [5.74, 6) is 0. The summed E-state index contributed by atoms with van der Waals surface area (Å²) in [5, 5.41) is 3.32. The Kier molecular flexibility index (Phi) is 4.63. The van der Waals surface area contributed by atoms with Crippen LogP contribution in [0.4, 0.5) is 5.69 Å². The molecule has 1 fully saturated rings. The molecule has 3 aromatic rings. The Labute approximate surface area is 158 Å². The molecule has 0 radical (unpaired) electrons. The molecule has 2 aromatic heterocycles. The highest BCUT2D eigenvalue weighted by Crippen LogP contribution is 2.31. The number of aryl methyl sites for hydroxylation is 1. The van der Waals surface area contributed by atoms with Crippen molar-refractivity contribution in [2.75, 3.05) is 31.1 Å². The number of pyridine rings is 1. The van der Waals surface area contributed by atoms with Crippen molar-refractivity contribution in [1.82, 2.24) is 14.3 Å². The first-order chi connectivity index (χ1) is 13.0. The van der Waals surface area contributed by atoms with E-state index in [1.165, 1.54) is 3.97 Å². The number of aromatic nitrogens is 2. The summed E-state index contributed by atoms with van der Waals surface area (Å²) in [4.78, 5) is 6.90. The van der Waals surface area contributed by atoms with Gasteiger partial charge >= 0.3 is 0 Å². The van der Waals surface area contributed by atoms with Gasteiger partial charge in [-0.15, -0.1) is 0 Å². The standard InChI is InChI=1S/C19H23N5O2S/c1-14-4-5-15(12-20)18(11-14)27(25,26)24-13-17(23-9-7-21-8-10-23)19-16(24)3-2-6-22-19/h2-6,11,13,21H,7-10,12,20H2,1H3. The number of nitrogens with two attached hydrogens (primary N) is 1. The molecule has 0 unspecified atom stereocenters. The second-order valence-corrected chi connectivity index (χ2v) is 8.52. The van der Waals surface area contributed by atoms with E-state index in [1.807, 2.05) is 13.0 Å². The first kappa shape index (κ1) is 18.0. The lowest BCUT2D eigenvalue weighted by atomic mass is 10.1. The van der Waals surface area contributed by atoms with Crippen molar-refractivity contribution in [3.05, 3.63) is 53.9 Å². The predicted octanol–water partition coefficient (Wildman–Crippen LogP) is 1.45. The van der Waals surface area contributed by atoms with Gasteiger partial charge in [0.15, 0.2) is 0 Å². The summed E-state index contributed by atoms with van der Waals surface area (Å²) in [6.45, 7) is 5.39. The second-order valence-electron chi connectivity index (χ2n) is 6.74.